The summed E-state index contributed by atoms with van der Waals surface area (Å²) < 4.78 is 0. The standard InChI is InChI=1S/C65H87Cl2N15O13/c1-43(83)38-81(39-56(86)74-50(32-44-16-6-2-7-17-44)60(92)78-52(34-46-20-10-4-11-21-46)62(94)76-48(54(84)36-66)24-14-26-72-64(68)69)30-28-80(41-58(88)89)29-31-82(42-59(90)91)40-57(87)75-51(33-45-18-8-3-9-19-45)61(93)79-53(35-47-22-12-5-13-23-47)63(95)77-49(55(85)37-67)25-15-27-73-65(70)71/h2-13,16-23,48-53H,14-15,24-42H2,1H3,(H,74,86)(H,75,87)(H,76,94)(H,77,95)(H,78,92)(H,79,93)(H,88,89)(H,90,91)(H4,68,69,72)(H4,70,71,73). The molecule has 0 aliphatic carbocycles. The maximum absolute atomic E-state index is 14.5. The first-order valence-electron chi connectivity index (χ1n) is 30.8. The number of nitrogens with one attached hydrogen (secondary N) is 6. The number of amides is 6. The van der Waals surface area contributed by atoms with Gasteiger partial charge < -0.3 is 65.0 Å². The summed E-state index contributed by atoms with van der Waals surface area (Å²) in [7, 11) is 0. The van der Waals surface area contributed by atoms with E-state index in [1.54, 1.807) is 121 Å². The van der Waals surface area contributed by atoms with Crippen LogP contribution in [0.5, 0.6) is 0 Å². The highest BCUT2D eigenvalue weighted by Gasteiger charge is 2.33. The summed E-state index contributed by atoms with van der Waals surface area (Å²) >= 11 is 11.9. The molecule has 0 saturated carbocycles. The van der Waals surface area contributed by atoms with Gasteiger partial charge in [-0.2, -0.15) is 0 Å². The quantitative estimate of drug-likeness (QED) is 0.0112. The Morgan fingerprint density at radius 2 is 0.674 bits per heavy atom. The van der Waals surface area contributed by atoms with E-state index in [1.165, 1.54) is 21.6 Å². The Balaban J connectivity index is 1.53. The van der Waals surface area contributed by atoms with Crippen LogP contribution < -0.4 is 54.8 Å². The number of guanidine groups is 2. The van der Waals surface area contributed by atoms with Gasteiger partial charge >= 0.3 is 11.9 Å². The number of carboxylic acid groups (broad SMARTS) is 2. The normalized spacial score (nSPS) is 12.9. The molecule has 6 atom stereocenters. The Kier molecular flexibility index (Phi) is 35.2. The van der Waals surface area contributed by atoms with E-state index in [9.17, 15) is 63.0 Å². The van der Waals surface area contributed by atoms with Gasteiger partial charge in [-0.15, -0.1) is 23.2 Å². The molecule has 0 heterocycles. The van der Waals surface area contributed by atoms with E-state index < -0.39 is 133 Å². The second-order valence-corrected chi connectivity index (χ2v) is 23.1. The van der Waals surface area contributed by atoms with E-state index in [4.69, 9.17) is 46.1 Å². The number of carbonyl (C=O) groups is 11. The van der Waals surface area contributed by atoms with E-state index in [-0.39, 0.29) is 102 Å². The molecule has 0 spiro atoms. The Morgan fingerprint density at radius 1 is 0.400 bits per heavy atom. The van der Waals surface area contributed by atoms with Crippen LogP contribution in [-0.2, 0) is 78.4 Å². The SMILES string of the molecule is CC(=O)CN(CCN(CCN(CC(=O)O)CC(=O)NC(Cc1ccccc1)C(=O)NC(Cc1ccccc1)C(=O)NC(CCCN=C(N)N)C(=O)CCl)CC(=O)O)CC(=O)NC(Cc1ccccc1)C(=O)NC(Cc1ccccc1)C(=O)NC(CCCN=C(N)N)C(=O)CCl. The minimum Gasteiger partial charge on any atom is -0.480 e. The summed E-state index contributed by atoms with van der Waals surface area (Å²) in [5.41, 5.74) is 24.4. The summed E-state index contributed by atoms with van der Waals surface area (Å²) in [4.78, 5) is 161. The number of benzene rings is 4. The number of carboxylic acids is 2. The van der Waals surface area contributed by atoms with Crippen LogP contribution in [0.3, 0.4) is 0 Å². The molecule has 28 nitrogen and oxygen atoms in total. The van der Waals surface area contributed by atoms with Crippen LogP contribution in [-0.4, -0.2) is 222 Å². The molecule has 6 amide bonds. The molecule has 0 aliphatic heterocycles. The molecule has 0 fully saturated rings. The molecule has 0 aliphatic rings. The van der Waals surface area contributed by atoms with E-state index in [1.807, 2.05) is 0 Å². The van der Waals surface area contributed by atoms with Crippen LogP contribution in [0.1, 0.15) is 54.9 Å². The molecule has 95 heavy (non-hydrogen) atoms. The van der Waals surface area contributed by atoms with Gasteiger partial charge in [-0.1, -0.05) is 121 Å². The van der Waals surface area contributed by atoms with Crippen LogP contribution in [0.4, 0.5) is 0 Å². The van der Waals surface area contributed by atoms with Crippen molar-refractivity contribution < 1.29 is 63.0 Å². The smallest absolute Gasteiger partial charge is 0.317 e. The number of halogens is 2. The number of nitrogens with zero attached hydrogens (tertiary/aromatic N) is 5. The van der Waals surface area contributed by atoms with Gasteiger partial charge in [0.2, 0.25) is 35.4 Å². The summed E-state index contributed by atoms with van der Waals surface area (Å²) in [5, 5.41) is 36.4. The van der Waals surface area contributed by atoms with Gasteiger partial charge in [0.1, 0.15) is 30.0 Å². The van der Waals surface area contributed by atoms with Crippen molar-refractivity contribution in [2.75, 3.05) is 83.8 Å². The van der Waals surface area contributed by atoms with E-state index in [0.29, 0.717) is 35.1 Å². The van der Waals surface area contributed by atoms with E-state index >= 15 is 0 Å². The molecule has 0 bridgehead atoms. The maximum Gasteiger partial charge on any atom is 0.317 e. The third-order valence-corrected chi connectivity index (χ3v) is 15.2. The highest BCUT2D eigenvalue weighted by molar-refractivity contribution is 6.29. The molecule has 30 heteroatoms. The Labute approximate surface area is 561 Å². The molecule has 0 saturated heterocycles. The first kappa shape index (κ1) is 78.1. The fourth-order valence-electron chi connectivity index (χ4n) is 9.99. The number of rotatable bonds is 46. The fraction of sp³-hybridized carbons (Fsp3) is 0.431. The van der Waals surface area contributed by atoms with Gasteiger partial charge in [-0.3, -0.25) is 77.4 Å². The average molecular weight is 1360 g/mol. The number of ketones is 3. The fourth-order valence-corrected chi connectivity index (χ4v) is 10.4. The monoisotopic (exact) mass is 1360 g/mol. The zero-order valence-corrected chi connectivity index (χ0v) is 54.6. The molecule has 0 radical (unpaired) electrons. The van der Waals surface area contributed by atoms with Crippen LogP contribution in [0.15, 0.2) is 131 Å². The number of aliphatic imine (C=N–C) groups is 2. The molecule has 0 aromatic heterocycles. The third kappa shape index (κ3) is 31.9. The van der Waals surface area contributed by atoms with E-state index in [0.717, 1.165) is 0 Å². The Bertz CT molecular complexity index is 3000. The van der Waals surface area contributed by atoms with Gasteiger partial charge in [-0.05, 0) is 54.9 Å². The van der Waals surface area contributed by atoms with Crippen molar-refractivity contribution >= 4 is 99.9 Å². The first-order valence-corrected chi connectivity index (χ1v) is 31.8. The summed E-state index contributed by atoms with van der Waals surface area (Å²) in [6.45, 7) is -1.67. The predicted octanol–water partition coefficient (Wildman–Crippen LogP) is -0.747. The van der Waals surface area contributed by atoms with Crippen LogP contribution >= 0.6 is 23.2 Å². The largest absolute Gasteiger partial charge is 0.480 e. The number of carbonyl (C=O) groups excluding carboxylic acids is 9. The highest BCUT2D eigenvalue weighted by Crippen LogP contribution is 2.13. The van der Waals surface area contributed by atoms with Gasteiger partial charge in [-0.25, -0.2) is 0 Å². The number of nitrogens with two attached hydrogens (primary N) is 4. The van der Waals surface area contributed by atoms with Crippen LogP contribution in [0.25, 0.3) is 0 Å². The number of hydrogen-bond donors (Lipinski definition) is 12. The van der Waals surface area contributed by atoms with E-state index in [2.05, 4.69) is 41.9 Å². The molecule has 4 aromatic carbocycles. The zero-order chi connectivity index (χ0) is 69.7. The molecule has 16 N–H and O–H groups in total. The minimum absolute atomic E-state index is 0.0248. The molecule has 6 unspecified atom stereocenters. The molecule has 4 rings (SSSR count). The summed E-state index contributed by atoms with van der Waals surface area (Å²) in [6, 6.07) is 27.4. The molecular formula is C65H87Cl2N15O13. The van der Waals surface area contributed by atoms with Crippen molar-refractivity contribution in [2.24, 2.45) is 32.9 Å². The van der Waals surface area contributed by atoms with Crippen molar-refractivity contribution in [3.8, 4) is 0 Å². The summed E-state index contributed by atoms with van der Waals surface area (Å²) in [6.07, 6.45) is 0.633. The lowest BCUT2D eigenvalue weighted by Crippen LogP contribution is -2.57. The Hall–Kier alpha value is -9.35. The van der Waals surface area contributed by atoms with Crippen molar-refractivity contribution in [1.82, 2.24) is 46.6 Å². The number of alkyl halides is 2. The Morgan fingerprint density at radius 3 is 0.958 bits per heavy atom. The summed E-state index contributed by atoms with van der Waals surface area (Å²) in [5.74, 6) is -9.65. The molecular weight excluding hydrogens is 1270 g/mol. The number of aliphatic carboxylic acids is 2. The van der Waals surface area contributed by atoms with Crippen molar-refractivity contribution in [3.05, 3.63) is 144 Å². The van der Waals surface area contributed by atoms with Crippen molar-refractivity contribution in [2.45, 2.75) is 94.5 Å². The van der Waals surface area contributed by atoms with Crippen molar-refractivity contribution in [3.63, 3.8) is 0 Å². The third-order valence-electron chi connectivity index (χ3n) is 14.6. The van der Waals surface area contributed by atoms with Gasteiger partial charge in [0.15, 0.2) is 23.5 Å². The highest BCUT2D eigenvalue weighted by atomic mass is 35.5. The topological polar surface area (TPSA) is 439 Å². The first-order chi connectivity index (χ1) is 45.4. The lowest BCUT2D eigenvalue weighted by atomic mass is 10.0. The second kappa shape index (κ2) is 42.8. The lowest BCUT2D eigenvalue weighted by molar-refractivity contribution is -0.141. The second-order valence-electron chi connectivity index (χ2n) is 22.5. The minimum atomic E-state index is -1.35. The number of Topliss-reactive ketones (excluding diaryl/α,β-unsaturated/α-hetero) is 3. The molecule has 514 valence electrons. The molecule has 4 aromatic rings. The lowest BCUT2D eigenvalue weighted by Gasteiger charge is -2.29. The van der Waals surface area contributed by atoms with Crippen molar-refractivity contribution in [1.29, 1.82) is 0 Å². The van der Waals surface area contributed by atoms with Crippen LogP contribution in [0, 0.1) is 0 Å². The van der Waals surface area contributed by atoms with Crippen LogP contribution in [0.2, 0.25) is 0 Å². The average Bonchev–Trinajstić information content (AvgIpc) is 0.932. The predicted molar refractivity (Wildman–Crippen MR) is 359 cm³/mol. The van der Waals surface area contributed by atoms with Gasteiger partial charge in [0.05, 0.1) is 56.6 Å². The van der Waals surface area contributed by atoms with Gasteiger partial charge in [0, 0.05) is 65.0 Å². The number of hydrogen-bond acceptors (Lipinski definition) is 16. The van der Waals surface area contributed by atoms with Gasteiger partial charge in [0.25, 0.3) is 0 Å². The zero-order valence-electron chi connectivity index (χ0n) is 53.0. The maximum atomic E-state index is 14.5.